The maximum Gasteiger partial charge on any atom is -0.0406 e. The Bertz CT molecular complexity index is 127. The second-order valence-corrected chi connectivity index (χ2v) is 5.22. The summed E-state index contributed by atoms with van der Waals surface area (Å²) in [6.45, 7) is 0. The maximum atomic E-state index is 1.60. The number of rotatable bonds is 0. The summed E-state index contributed by atoms with van der Waals surface area (Å²) in [5.41, 5.74) is 0. The third-order valence-corrected chi connectivity index (χ3v) is 4.32. The Morgan fingerprint density at radius 3 is 1.27 bits per heavy atom. The Kier molecular flexibility index (Phi) is 1.33. The Morgan fingerprint density at radius 2 is 0.818 bits per heavy atom. The molecule has 0 heterocycles. The standard InChI is InChI=1S/C11H18/c1-2-9-5-10-3-8(1)4-11(6-9)7-10/h8-11H,1-7H2. The van der Waals surface area contributed by atoms with Gasteiger partial charge in [-0.05, 0) is 55.8 Å². The summed E-state index contributed by atoms with van der Waals surface area (Å²) < 4.78 is 0. The predicted octanol–water partition coefficient (Wildman–Crippen LogP) is 3.22. The minimum absolute atomic E-state index is 1.16. The van der Waals surface area contributed by atoms with Crippen LogP contribution in [-0.2, 0) is 0 Å². The van der Waals surface area contributed by atoms with Gasteiger partial charge in [0.25, 0.3) is 0 Å². The molecule has 11 heavy (non-hydrogen) atoms. The van der Waals surface area contributed by atoms with Crippen LogP contribution in [0.4, 0.5) is 0 Å². The van der Waals surface area contributed by atoms with E-state index >= 15 is 0 Å². The highest BCUT2D eigenvalue weighted by atomic mass is 14.4. The molecule has 4 saturated carbocycles. The highest BCUT2D eigenvalue weighted by Crippen LogP contribution is 2.50. The van der Waals surface area contributed by atoms with Crippen molar-refractivity contribution in [1.82, 2.24) is 0 Å². The van der Waals surface area contributed by atoms with E-state index in [2.05, 4.69) is 0 Å². The van der Waals surface area contributed by atoms with Crippen molar-refractivity contribution in [3.8, 4) is 0 Å². The van der Waals surface area contributed by atoms with Gasteiger partial charge in [0.1, 0.15) is 0 Å². The summed E-state index contributed by atoms with van der Waals surface area (Å²) >= 11 is 0. The van der Waals surface area contributed by atoms with Crippen molar-refractivity contribution in [3.63, 3.8) is 0 Å². The third-order valence-electron chi connectivity index (χ3n) is 4.32. The number of hydrogen-bond donors (Lipinski definition) is 0. The Morgan fingerprint density at radius 1 is 0.455 bits per heavy atom. The SMILES string of the molecule is C1CC2CC3CC1CC(C2)C3. The molecule has 4 aliphatic carbocycles. The molecule has 0 aromatic rings. The van der Waals surface area contributed by atoms with E-state index in [1.165, 1.54) is 11.8 Å². The zero-order valence-electron chi connectivity index (χ0n) is 7.26. The fraction of sp³-hybridized carbons (Fsp3) is 1.00. The van der Waals surface area contributed by atoms with Gasteiger partial charge >= 0.3 is 0 Å². The van der Waals surface area contributed by atoms with Gasteiger partial charge in [-0.15, -0.1) is 0 Å². The van der Waals surface area contributed by atoms with Crippen LogP contribution in [0.2, 0.25) is 0 Å². The smallest absolute Gasteiger partial charge is 0.0406 e. The molecule has 0 saturated heterocycles. The highest BCUT2D eigenvalue weighted by Gasteiger charge is 2.38. The largest absolute Gasteiger partial charge is 0.0502 e. The molecule has 62 valence electrons. The lowest BCUT2D eigenvalue weighted by Gasteiger charge is -2.38. The van der Waals surface area contributed by atoms with Gasteiger partial charge in [-0.1, -0.05) is 12.8 Å². The predicted molar refractivity (Wildman–Crippen MR) is 46.3 cm³/mol. The number of hydrogen-bond acceptors (Lipinski definition) is 0. The molecule has 0 nitrogen and oxygen atoms in total. The molecule has 0 aromatic carbocycles. The number of fused-ring (bicyclic) bond motifs is 1. The van der Waals surface area contributed by atoms with E-state index in [1.54, 1.807) is 44.9 Å². The molecule has 0 aliphatic heterocycles. The molecule has 0 heteroatoms. The van der Waals surface area contributed by atoms with Crippen molar-refractivity contribution in [2.45, 2.75) is 44.9 Å². The van der Waals surface area contributed by atoms with Crippen molar-refractivity contribution in [3.05, 3.63) is 0 Å². The van der Waals surface area contributed by atoms with Crippen LogP contribution in [0.25, 0.3) is 0 Å². The normalized spacial score (nSPS) is 54.5. The Labute approximate surface area is 69.4 Å². The molecule has 4 rings (SSSR count). The van der Waals surface area contributed by atoms with Gasteiger partial charge < -0.3 is 0 Å². The minimum atomic E-state index is 1.16. The van der Waals surface area contributed by atoms with Gasteiger partial charge in [-0.3, -0.25) is 0 Å². The van der Waals surface area contributed by atoms with Crippen LogP contribution in [0.15, 0.2) is 0 Å². The highest BCUT2D eigenvalue weighted by molar-refractivity contribution is 4.90. The van der Waals surface area contributed by atoms with Gasteiger partial charge in [0.05, 0.1) is 0 Å². The molecule has 0 aromatic heterocycles. The van der Waals surface area contributed by atoms with Crippen LogP contribution in [0.3, 0.4) is 0 Å². The lowest BCUT2D eigenvalue weighted by Crippen LogP contribution is -2.26. The monoisotopic (exact) mass is 150 g/mol. The van der Waals surface area contributed by atoms with E-state index in [0.717, 1.165) is 11.8 Å². The van der Waals surface area contributed by atoms with Crippen LogP contribution >= 0.6 is 0 Å². The maximum absolute atomic E-state index is 1.60. The quantitative estimate of drug-likeness (QED) is 0.497. The first-order valence-electron chi connectivity index (χ1n) is 5.40. The third kappa shape index (κ3) is 1.02. The van der Waals surface area contributed by atoms with E-state index in [1.807, 2.05) is 0 Å². The van der Waals surface area contributed by atoms with Crippen LogP contribution in [0, 0.1) is 23.7 Å². The fourth-order valence-electron chi connectivity index (χ4n) is 4.07. The molecule has 0 radical (unpaired) electrons. The van der Waals surface area contributed by atoms with E-state index < -0.39 is 0 Å². The van der Waals surface area contributed by atoms with Crippen molar-refractivity contribution >= 4 is 0 Å². The van der Waals surface area contributed by atoms with Gasteiger partial charge in [0.15, 0.2) is 0 Å². The van der Waals surface area contributed by atoms with Crippen LogP contribution < -0.4 is 0 Å². The van der Waals surface area contributed by atoms with Gasteiger partial charge in [-0.25, -0.2) is 0 Å². The lowest BCUT2D eigenvalue weighted by molar-refractivity contribution is 0.134. The zero-order chi connectivity index (χ0) is 7.26. The first kappa shape index (κ1) is 6.51. The second kappa shape index (κ2) is 2.24. The summed E-state index contributed by atoms with van der Waals surface area (Å²) in [5.74, 6) is 4.65. The summed E-state index contributed by atoms with van der Waals surface area (Å²) in [7, 11) is 0. The first-order chi connectivity index (χ1) is 5.40. The van der Waals surface area contributed by atoms with Crippen molar-refractivity contribution in [2.24, 2.45) is 23.7 Å². The fourth-order valence-corrected chi connectivity index (χ4v) is 4.07. The Balaban J connectivity index is 1.90. The summed E-state index contributed by atoms with van der Waals surface area (Å²) in [6, 6.07) is 0. The topological polar surface area (TPSA) is 0 Å². The second-order valence-electron chi connectivity index (χ2n) is 5.22. The molecule has 0 N–H and O–H groups in total. The van der Waals surface area contributed by atoms with E-state index in [0.29, 0.717) is 0 Å². The van der Waals surface area contributed by atoms with Crippen LogP contribution in [0.1, 0.15) is 44.9 Å². The molecule has 0 spiro atoms. The van der Waals surface area contributed by atoms with Crippen molar-refractivity contribution in [1.29, 1.82) is 0 Å². The van der Waals surface area contributed by atoms with Crippen LogP contribution in [0.5, 0.6) is 0 Å². The minimum Gasteiger partial charge on any atom is -0.0502 e. The molecule has 0 amide bonds. The molecule has 4 bridgehead atoms. The van der Waals surface area contributed by atoms with Gasteiger partial charge in [-0.2, -0.15) is 0 Å². The van der Waals surface area contributed by atoms with Gasteiger partial charge in [0, 0.05) is 0 Å². The summed E-state index contributed by atoms with van der Waals surface area (Å²) in [5, 5.41) is 0. The van der Waals surface area contributed by atoms with Crippen molar-refractivity contribution in [2.75, 3.05) is 0 Å². The molecule has 0 atom stereocenters. The van der Waals surface area contributed by atoms with E-state index in [9.17, 15) is 0 Å². The summed E-state index contributed by atoms with van der Waals surface area (Å²) in [4.78, 5) is 0. The molecule has 4 fully saturated rings. The average molecular weight is 150 g/mol. The zero-order valence-corrected chi connectivity index (χ0v) is 7.26. The van der Waals surface area contributed by atoms with Crippen molar-refractivity contribution < 1.29 is 0 Å². The van der Waals surface area contributed by atoms with E-state index in [-0.39, 0.29) is 0 Å². The molecular weight excluding hydrogens is 132 g/mol. The van der Waals surface area contributed by atoms with Crippen LogP contribution in [-0.4, -0.2) is 0 Å². The first-order valence-corrected chi connectivity index (χ1v) is 5.40. The molecule has 0 unspecified atom stereocenters. The average Bonchev–Trinajstić information content (AvgIpc) is 2.18. The van der Waals surface area contributed by atoms with Gasteiger partial charge in [0.2, 0.25) is 0 Å². The summed E-state index contributed by atoms with van der Waals surface area (Å²) in [6.07, 6.45) is 11.2. The molecular formula is C11H18. The molecule has 4 aliphatic rings. The Hall–Kier alpha value is 0. The lowest BCUT2D eigenvalue weighted by atomic mass is 9.68. The van der Waals surface area contributed by atoms with E-state index in [4.69, 9.17) is 0 Å².